The summed E-state index contributed by atoms with van der Waals surface area (Å²) in [7, 11) is -4.11. The van der Waals surface area contributed by atoms with Crippen molar-refractivity contribution in [2.24, 2.45) is 5.92 Å². The third kappa shape index (κ3) is 6.70. The summed E-state index contributed by atoms with van der Waals surface area (Å²) in [5, 5.41) is 1.85. The molecule has 0 aliphatic carbocycles. The van der Waals surface area contributed by atoms with Crippen molar-refractivity contribution < 1.29 is 26.2 Å². The van der Waals surface area contributed by atoms with Gasteiger partial charge in [0.15, 0.2) is 0 Å². The van der Waals surface area contributed by atoms with E-state index in [2.05, 4.69) is 0 Å². The molecule has 0 aliphatic rings. The Balaban J connectivity index is 1.83. The predicted molar refractivity (Wildman–Crippen MR) is 140 cm³/mol. The Morgan fingerprint density at radius 3 is 2.44 bits per heavy atom. The highest BCUT2D eigenvalue weighted by atomic mass is 35.5. The summed E-state index contributed by atoms with van der Waals surface area (Å²) < 4.78 is 55.2. The predicted octanol–water partition coefficient (Wildman–Crippen LogP) is 7.79. The van der Waals surface area contributed by atoms with Crippen molar-refractivity contribution in [3.05, 3.63) is 64.7 Å². The van der Waals surface area contributed by atoms with Crippen molar-refractivity contribution in [1.82, 2.24) is 0 Å². The maximum Gasteiger partial charge on any atom is 0.440 e. The Kier molecular flexibility index (Phi) is 8.64. The zero-order valence-corrected chi connectivity index (χ0v) is 23.0. The molecule has 10 heteroatoms. The van der Waals surface area contributed by atoms with Crippen LogP contribution in [0.15, 0.2) is 53.4 Å². The fraction of sp³-hybridized carbons (Fsp3) is 0.333. The van der Waals surface area contributed by atoms with Crippen molar-refractivity contribution in [3.8, 4) is 11.5 Å². The average Bonchev–Trinajstić information content (AvgIpc) is 2.74. The molecule has 0 aromatic heterocycles. The molecule has 0 fully saturated rings. The second kappa shape index (κ2) is 10.9. The van der Waals surface area contributed by atoms with Gasteiger partial charge in [-0.25, -0.2) is 4.57 Å². The molecule has 0 N–H and O–H groups in total. The minimum absolute atomic E-state index is 0.0129. The normalized spacial score (nSPS) is 13.7. The van der Waals surface area contributed by atoms with Gasteiger partial charge in [-0.15, -0.1) is 0 Å². The van der Waals surface area contributed by atoms with Crippen LogP contribution < -0.4 is 8.71 Å². The summed E-state index contributed by atoms with van der Waals surface area (Å²) in [5.74, 6) is 1.01. The fourth-order valence-electron chi connectivity index (χ4n) is 3.27. The first-order valence-corrected chi connectivity index (χ1v) is 15.7. The van der Waals surface area contributed by atoms with Gasteiger partial charge in [0.2, 0.25) is 0 Å². The van der Waals surface area contributed by atoms with Crippen LogP contribution >= 0.6 is 29.8 Å². The van der Waals surface area contributed by atoms with Gasteiger partial charge in [-0.05, 0) is 78.7 Å². The van der Waals surface area contributed by atoms with E-state index in [1.165, 1.54) is 24.3 Å². The van der Waals surface area contributed by atoms with Gasteiger partial charge in [-0.1, -0.05) is 49.2 Å². The van der Waals surface area contributed by atoms with Gasteiger partial charge in [-0.2, -0.15) is 8.42 Å². The van der Waals surface area contributed by atoms with Crippen LogP contribution in [-0.4, -0.2) is 20.8 Å². The molecule has 184 valence electrons. The van der Waals surface area contributed by atoms with Gasteiger partial charge in [0.1, 0.15) is 16.4 Å². The number of halogens is 1. The van der Waals surface area contributed by atoms with Crippen molar-refractivity contribution in [2.75, 3.05) is 12.4 Å². The van der Waals surface area contributed by atoms with Crippen LogP contribution in [0.4, 0.5) is 0 Å². The molecule has 6 nitrogen and oxygen atoms in total. The fourth-order valence-corrected chi connectivity index (χ4v) is 8.25. The van der Waals surface area contributed by atoms with Gasteiger partial charge >= 0.3 is 16.9 Å². The van der Waals surface area contributed by atoms with Crippen molar-refractivity contribution in [2.45, 2.75) is 39.5 Å². The van der Waals surface area contributed by atoms with E-state index in [4.69, 9.17) is 24.8 Å². The van der Waals surface area contributed by atoms with Crippen LogP contribution in [-0.2, 0) is 19.2 Å². The molecular weight excluding hydrogens is 515 g/mol. The maximum atomic E-state index is 13.0. The van der Waals surface area contributed by atoms with Crippen molar-refractivity contribution in [1.29, 1.82) is 0 Å². The second-order valence-electron chi connectivity index (χ2n) is 8.24. The summed E-state index contributed by atoms with van der Waals surface area (Å²) in [6.45, 7) is 6.40. The number of rotatable bonds is 10. The molecule has 0 aliphatic heterocycles. The van der Waals surface area contributed by atoms with Gasteiger partial charge in [0, 0.05) is 11.8 Å². The Hall–Kier alpha value is -1.70. The minimum atomic E-state index is -4.11. The lowest BCUT2D eigenvalue weighted by Crippen LogP contribution is -2.10. The summed E-state index contributed by atoms with van der Waals surface area (Å²) >= 11 is 7.40. The number of aryl methyl sites for hydroxylation is 2. The van der Waals surface area contributed by atoms with Crippen LogP contribution in [0.1, 0.15) is 31.9 Å². The summed E-state index contributed by atoms with van der Waals surface area (Å²) in [5.41, 5.74) is 2.11. The molecule has 0 bridgehead atoms. The highest BCUT2D eigenvalue weighted by molar-refractivity contribution is 8.55. The molecule has 0 saturated heterocycles. The van der Waals surface area contributed by atoms with E-state index in [0.717, 1.165) is 33.3 Å². The largest absolute Gasteiger partial charge is 0.440 e. The van der Waals surface area contributed by atoms with Crippen molar-refractivity contribution in [3.63, 3.8) is 0 Å². The number of benzene rings is 3. The van der Waals surface area contributed by atoms with Gasteiger partial charge < -0.3 is 8.71 Å². The van der Waals surface area contributed by atoms with E-state index in [1.807, 2.05) is 39.8 Å². The molecule has 0 heterocycles. The standard InChI is InChI=1S/C24H28ClO6PS2/c1-6-29-32(26,33-15-16(2)3)30-24-10-7-20(14-23(24)25)31-34(27,28)21-8-9-22-18(5)11-17(4)12-19(22)13-21/h7-14,16H,6,15H2,1-5H3. The van der Waals surface area contributed by atoms with Gasteiger partial charge in [-0.3, -0.25) is 4.52 Å². The monoisotopic (exact) mass is 542 g/mol. The van der Waals surface area contributed by atoms with E-state index in [-0.39, 0.29) is 28.0 Å². The molecule has 34 heavy (non-hydrogen) atoms. The van der Waals surface area contributed by atoms with Crippen LogP contribution in [0.2, 0.25) is 5.02 Å². The van der Waals surface area contributed by atoms with Crippen LogP contribution in [0.3, 0.4) is 0 Å². The Bertz CT molecular complexity index is 1340. The first-order valence-electron chi connectivity index (χ1n) is 10.8. The Morgan fingerprint density at radius 1 is 1.06 bits per heavy atom. The smallest absolute Gasteiger partial charge is 0.415 e. The SMILES string of the molecule is CCOP(=O)(Oc1ccc(OS(=O)(=O)c2ccc3c(C)cc(C)cc3c2)cc1Cl)SCC(C)C. The number of hydrogen-bond acceptors (Lipinski definition) is 7. The zero-order chi connectivity index (χ0) is 25.1. The Morgan fingerprint density at radius 2 is 1.79 bits per heavy atom. The number of hydrogen-bond donors (Lipinski definition) is 0. The molecule has 3 aromatic rings. The quantitative estimate of drug-likeness (QED) is 0.191. The Labute approximate surface area is 210 Å². The third-order valence-electron chi connectivity index (χ3n) is 4.74. The molecular formula is C24H28ClO6PS2. The molecule has 3 aromatic carbocycles. The van der Waals surface area contributed by atoms with E-state index in [9.17, 15) is 13.0 Å². The molecule has 0 radical (unpaired) electrons. The molecule has 0 saturated carbocycles. The third-order valence-corrected chi connectivity index (χ3v) is 10.3. The zero-order valence-electron chi connectivity index (χ0n) is 19.7. The maximum absolute atomic E-state index is 13.0. The highest BCUT2D eigenvalue weighted by Crippen LogP contribution is 2.61. The average molecular weight is 543 g/mol. The van der Waals surface area contributed by atoms with Crippen molar-refractivity contribution >= 4 is 50.7 Å². The summed E-state index contributed by atoms with van der Waals surface area (Å²) in [6.07, 6.45) is 0. The second-order valence-corrected chi connectivity index (χ2v) is 14.2. The summed E-state index contributed by atoms with van der Waals surface area (Å²) in [6, 6.07) is 13.0. The van der Waals surface area contributed by atoms with E-state index in [1.54, 1.807) is 19.1 Å². The lowest BCUT2D eigenvalue weighted by Gasteiger charge is -2.19. The molecule has 0 spiro atoms. The van der Waals surface area contributed by atoms with Crippen LogP contribution in [0, 0.1) is 19.8 Å². The van der Waals surface area contributed by atoms with E-state index < -0.39 is 16.9 Å². The molecule has 1 atom stereocenters. The molecule has 1 unspecified atom stereocenters. The molecule has 3 rings (SSSR count). The van der Waals surface area contributed by atoms with E-state index >= 15 is 0 Å². The lowest BCUT2D eigenvalue weighted by molar-refractivity contribution is 0.296. The topological polar surface area (TPSA) is 78.9 Å². The first kappa shape index (κ1) is 26.9. The van der Waals surface area contributed by atoms with Crippen LogP contribution in [0.5, 0.6) is 11.5 Å². The van der Waals surface area contributed by atoms with Gasteiger partial charge in [0.25, 0.3) is 0 Å². The molecule has 0 amide bonds. The summed E-state index contributed by atoms with van der Waals surface area (Å²) in [4.78, 5) is 0.0346. The first-order chi connectivity index (χ1) is 15.9. The van der Waals surface area contributed by atoms with E-state index in [0.29, 0.717) is 11.7 Å². The lowest BCUT2D eigenvalue weighted by atomic mass is 10.0. The number of fused-ring (bicyclic) bond motifs is 1. The minimum Gasteiger partial charge on any atom is -0.415 e. The van der Waals surface area contributed by atoms with Crippen LogP contribution in [0.25, 0.3) is 10.8 Å². The highest BCUT2D eigenvalue weighted by Gasteiger charge is 2.28. The van der Waals surface area contributed by atoms with Gasteiger partial charge in [0.05, 0.1) is 11.6 Å².